The molecule has 0 unspecified atom stereocenters. The van der Waals surface area contributed by atoms with E-state index in [2.05, 4.69) is 22.0 Å². The molecule has 1 aromatic heterocycles. The van der Waals surface area contributed by atoms with Crippen molar-refractivity contribution in [1.82, 2.24) is 14.5 Å². The Balaban J connectivity index is 1.59. The maximum absolute atomic E-state index is 13.2. The molecule has 0 spiro atoms. The van der Waals surface area contributed by atoms with Gasteiger partial charge in [0.2, 0.25) is 10.0 Å². The Bertz CT molecular complexity index is 945. The zero-order valence-corrected chi connectivity index (χ0v) is 18.2. The number of aryl methyl sites for hydroxylation is 1. The Labute approximate surface area is 174 Å². The SMILES string of the molecule is Cc1ccc(-c2ccc(N3CCCCC3)nn2)cc1S(=O)(=O)N1CCC(C)CC1. The Morgan fingerprint density at radius 1 is 0.931 bits per heavy atom. The fourth-order valence-corrected chi connectivity index (χ4v) is 5.89. The number of hydrogen-bond acceptors (Lipinski definition) is 5. The monoisotopic (exact) mass is 414 g/mol. The highest BCUT2D eigenvalue weighted by atomic mass is 32.2. The van der Waals surface area contributed by atoms with Crippen molar-refractivity contribution in [3.05, 3.63) is 35.9 Å². The molecule has 4 rings (SSSR count). The van der Waals surface area contributed by atoms with Crippen molar-refractivity contribution < 1.29 is 8.42 Å². The first-order valence-electron chi connectivity index (χ1n) is 10.6. The summed E-state index contributed by atoms with van der Waals surface area (Å²) in [6.07, 6.45) is 5.50. The summed E-state index contributed by atoms with van der Waals surface area (Å²) in [6.45, 7) is 7.27. The molecule has 2 aromatic rings. The minimum Gasteiger partial charge on any atom is -0.355 e. The van der Waals surface area contributed by atoms with Crippen molar-refractivity contribution in [3.8, 4) is 11.3 Å². The second kappa shape index (κ2) is 8.40. The van der Waals surface area contributed by atoms with Crippen LogP contribution >= 0.6 is 0 Å². The van der Waals surface area contributed by atoms with Gasteiger partial charge in [0.1, 0.15) is 0 Å². The van der Waals surface area contributed by atoms with Gasteiger partial charge in [0.15, 0.2) is 5.82 Å². The topological polar surface area (TPSA) is 66.4 Å². The van der Waals surface area contributed by atoms with Crippen LogP contribution in [0, 0.1) is 12.8 Å². The summed E-state index contributed by atoms with van der Waals surface area (Å²) < 4.78 is 28.1. The van der Waals surface area contributed by atoms with Crippen LogP contribution in [0.2, 0.25) is 0 Å². The van der Waals surface area contributed by atoms with E-state index in [9.17, 15) is 8.42 Å². The summed E-state index contributed by atoms with van der Waals surface area (Å²) in [5.74, 6) is 1.48. The van der Waals surface area contributed by atoms with E-state index in [1.165, 1.54) is 19.3 Å². The summed E-state index contributed by atoms with van der Waals surface area (Å²) in [4.78, 5) is 2.65. The van der Waals surface area contributed by atoms with Gasteiger partial charge in [-0.05, 0) is 68.7 Å². The third-order valence-corrected chi connectivity index (χ3v) is 8.22. The van der Waals surface area contributed by atoms with Crippen molar-refractivity contribution in [1.29, 1.82) is 0 Å². The largest absolute Gasteiger partial charge is 0.355 e. The number of rotatable bonds is 4. The molecule has 0 radical (unpaired) electrons. The normalized spacial score (nSPS) is 19.4. The number of piperidine rings is 2. The Kier molecular flexibility index (Phi) is 5.88. The number of aromatic nitrogens is 2. The van der Waals surface area contributed by atoms with Gasteiger partial charge in [-0.2, -0.15) is 4.31 Å². The lowest BCUT2D eigenvalue weighted by Crippen LogP contribution is -2.38. The predicted octanol–water partition coefficient (Wildman–Crippen LogP) is 3.86. The second-order valence-corrected chi connectivity index (χ2v) is 10.3. The van der Waals surface area contributed by atoms with Crippen LogP contribution < -0.4 is 4.90 Å². The molecule has 0 amide bonds. The van der Waals surface area contributed by atoms with Crippen LogP contribution in [-0.4, -0.2) is 49.1 Å². The molecule has 7 heteroatoms. The minimum atomic E-state index is -3.50. The van der Waals surface area contributed by atoms with Gasteiger partial charge in [0, 0.05) is 31.7 Å². The van der Waals surface area contributed by atoms with Crippen molar-refractivity contribution >= 4 is 15.8 Å². The standard InChI is InChI=1S/C22H30N4O2S/c1-17-10-14-26(15-11-17)29(27,28)21-16-19(7-6-18(21)2)20-8-9-22(24-23-20)25-12-4-3-5-13-25/h6-9,16-17H,3-5,10-15H2,1-2H3. The fourth-order valence-electron chi connectivity index (χ4n) is 4.17. The van der Waals surface area contributed by atoms with E-state index in [0.29, 0.717) is 29.6 Å². The molecule has 0 atom stereocenters. The summed E-state index contributed by atoms with van der Waals surface area (Å²) in [7, 11) is -3.50. The zero-order chi connectivity index (χ0) is 20.4. The maximum Gasteiger partial charge on any atom is 0.243 e. The number of anilines is 1. The molecule has 2 fully saturated rings. The zero-order valence-electron chi connectivity index (χ0n) is 17.3. The van der Waals surface area contributed by atoms with Crippen LogP contribution in [0.5, 0.6) is 0 Å². The smallest absolute Gasteiger partial charge is 0.243 e. The molecule has 0 aliphatic carbocycles. The molecule has 29 heavy (non-hydrogen) atoms. The number of benzene rings is 1. The van der Waals surface area contributed by atoms with Gasteiger partial charge < -0.3 is 4.90 Å². The summed E-state index contributed by atoms with van der Waals surface area (Å²) in [5.41, 5.74) is 2.26. The van der Waals surface area contributed by atoms with Crippen molar-refractivity contribution in [2.24, 2.45) is 5.92 Å². The maximum atomic E-state index is 13.2. The third-order valence-electron chi connectivity index (χ3n) is 6.17. The van der Waals surface area contributed by atoms with E-state index in [4.69, 9.17) is 0 Å². The molecule has 0 bridgehead atoms. The third kappa shape index (κ3) is 4.31. The van der Waals surface area contributed by atoms with Gasteiger partial charge in [-0.15, -0.1) is 10.2 Å². The summed E-state index contributed by atoms with van der Waals surface area (Å²) in [6, 6.07) is 9.49. The molecule has 3 heterocycles. The van der Waals surface area contributed by atoms with Crippen molar-refractivity contribution in [2.75, 3.05) is 31.1 Å². The highest BCUT2D eigenvalue weighted by Gasteiger charge is 2.29. The van der Waals surface area contributed by atoms with E-state index in [-0.39, 0.29) is 0 Å². The molecule has 2 aliphatic heterocycles. The van der Waals surface area contributed by atoms with Crippen LogP contribution in [0.15, 0.2) is 35.2 Å². The highest BCUT2D eigenvalue weighted by Crippen LogP contribution is 2.29. The predicted molar refractivity (Wildman–Crippen MR) is 115 cm³/mol. The number of nitrogens with zero attached hydrogens (tertiary/aromatic N) is 4. The van der Waals surface area contributed by atoms with Gasteiger partial charge in [0.25, 0.3) is 0 Å². The quantitative estimate of drug-likeness (QED) is 0.760. The lowest BCUT2D eigenvalue weighted by atomic mass is 10.0. The average molecular weight is 415 g/mol. The van der Waals surface area contributed by atoms with Gasteiger partial charge in [-0.1, -0.05) is 19.1 Å². The molecular weight excluding hydrogens is 384 g/mol. The Morgan fingerprint density at radius 2 is 1.66 bits per heavy atom. The number of sulfonamides is 1. The minimum absolute atomic E-state index is 0.381. The van der Waals surface area contributed by atoms with Gasteiger partial charge >= 0.3 is 0 Å². The molecule has 1 aromatic carbocycles. The van der Waals surface area contributed by atoms with E-state index in [1.807, 2.05) is 31.2 Å². The Morgan fingerprint density at radius 3 is 2.31 bits per heavy atom. The van der Waals surface area contributed by atoms with Gasteiger partial charge in [-0.3, -0.25) is 0 Å². The van der Waals surface area contributed by atoms with Crippen LogP contribution in [0.3, 0.4) is 0 Å². The summed E-state index contributed by atoms with van der Waals surface area (Å²) in [5, 5.41) is 8.81. The van der Waals surface area contributed by atoms with E-state index in [1.54, 1.807) is 10.4 Å². The molecule has 0 N–H and O–H groups in total. The summed E-state index contributed by atoms with van der Waals surface area (Å²) >= 11 is 0. The second-order valence-electron chi connectivity index (χ2n) is 8.39. The molecule has 156 valence electrons. The van der Waals surface area contributed by atoms with Crippen LogP contribution in [0.25, 0.3) is 11.3 Å². The lowest BCUT2D eigenvalue weighted by Gasteiger charge is -2.30. The molecule has 6 nitrogen and oxygen atoms in total. The van der Waals surface area contributed by atoms with Crippen molar-refractivity contribution in [3.63, 3.8) is 0 Å². The molecular formula is C22H30N4O2S. The van der Waals surface area contributed by atoms with Crippen molar-refractivity contribution in [2.45, 2.75) is 50.8 Å². The molecule has 2 saturated heterocycles. The molecule has 2 aliphatic rings. The van der Waals surface area contributed by atoms with E-state index < -0.39 is 10.0 Å². The van der Waals surface area contributed by atoms with Gasteiger partial charge in [-0.25, -0.2) is 8.42 Å². The highest BCUT2D eigenvalue weighted by molar-refractivity contribution is 7.89. The first-order chi connectivity index (χ1) is 13.9. The van der Waals surface area contributed by atoms with E-state index in [0.717, 1.165) is 42.9 Å². The van der Waals surface area contributed by atoms with Crippen LogP contribution in [-0.2, 0) is 10.0 Å². The molecule has 0 saturated carbocycles. The first-order valence-corrected chi connectivity index (χ1v) is 12.1. The first kappa shape index (κ1) is 20.3. The number of hydrogen-bond donors (Lipinski definition) is 0. The fraction of sp³-hybridized carbons (Fsp3) is 0.545. The lowest BCUT2D eigenvalue weighted by molar-refractivity contribution is 0.288. The van der Waals surface area contributed by atoms with Gasteiger partial charge in [0.05, 0.1) is 10.6 Å². The van der Waals surface area contributed by atoms with Crippen LogP contribution in [0.4, 0.5) is 5.82 Å². The average Bonchev–Trinajstić information content (AvgIpc) is 2.75. The van der Waals surface area contributed by atoms with E-state index >= 15 is 0 Å². The van der Waals surface area contributed by atoms with Crippen LogP contribution in [0.1, 0.15) is 44.6 Å². The Hall–Kier alpha value is -1.99.